The molecule has 0 fully saturated rings. The van der Waals surface area contributed by atoms with Crippen LogP contribution < -0.4 is 0 Å². The Kier molecular flexibility index (Phi) is 7.03. The maximum absolute atomic E-state index is 10.2. The zero-order valence-electron chi connectivity index (χ0n) is 15.4. The van der Waals surface area contributed by atoms with Gasteiger partial charge >= 0.3 is 0 Å². The number of aliphatic hydroxyl groups is 1. The van der Waals surface area contributed by atoms with Crippen LogP contribution in [0.15, 0.2) is 82.5 Å². The Balaban J connectivity index is 0.00000261. The second-order valence-electron chi connectivity index (χ2n) is 6.03. The normalized spacial score (nSPS) is 12.4. The van der Waals surface area contributed by atoms with Crippen molar-refractivity contribution in [3.05, 3.63) is 78.1 Å². The number of phenols is 1. The fourth-order valence-corrected chi connectivity index (χ4v) is 2.71. The van der Waals surface area contributed by atoms with Gasteiger partial charge in [0.2, 0.25) is 0 Å². The predicted octanol–water partition coefficient (Wildman–Crippen LogP) is 5.85. The van der Waals surface area contributed by atoms with Gasteiger partial charge in [-0.3, -0.25) is 9.98 Å². The minimum absolute atomic E-state index is 0. The third kappa shape index (κ3) is 5.35. The molecule has 27 heavy (non-hydrogen) atoms. The van der Waals surface area contributed by atoms with Crippen molar-refractivity contribution in [2.45, 2.75) is 13.8 Å². The van der Waals surface area contributed by atoms with E-state index in [0.29, 0.717) is 5.56 Å². The van der Waals surface area contributed by atoms with Gasteiger partial charge in [-0.1, -0.05) is 30.3 Å². The minimum atomic E-state index is 0. The first-order chi connectivity index (χ1) is 12.5. The Morgan fingerprint density at radius 2 is 1.56 bits per heavy atom. The predicted molar refractivity (Wildman–Crippen MR) is 108 cm³/mol. The third-order valence-corrected chi connectivity index (χ3v) is 3.86. The van der Waals surface area contributed by atoms with Crippen LogP contribution in [0.2, 0.25) is 0 Å². The summed E-state index contributed by atoms with van der Waals surface area (Å²) in [5, 5.41) is 21.4. The summed E-state index contributed by atoms with van der Waals surface area (Å²) >= 11 is 0. The summed E-state index contributed by atoms with van der Waals surface area (Å²) in [6.45, 7) is 3.44. The molecule has 3 aromatic carbocycles. The third-order valence-electron chi connectivity index (χ3n) is 3.86. The molecule has 5 heteroatoms. The summed E-state index contributed by atoms with van der Waals surface area (Å²) in [6.07, 6.45) is 3.29. The number of aliphatic imine (C=N–C) groups is 2. The molecule has 0 aromatic heterocycles. The Bertz CT molecular complexity index is 1020. The topological polar surface area (TPSA) is 65.2 Å². The fraction of sp³-hybridized carbons (Fsp3) is 0.0909. The van der Waals surface area contributed by atoms with E-state index in [9.17, 15) is 10.2 Å². The van der Waals surface area contributed by atoms with Gasteiger partial charge in [-0.2, -0.15) is 0 Å². The van der Waals surface area contributed by atoms with Crippen LogP contribution >= 0.6 is 0 Å². The average Bonchev–Trinajstić information content (AvgIpc) is 2.61. The number of nitrogens with zero attached hydrogens (tertiary/aromatic N) is 2. The van der Waals surface area contributed by atoms with Crippen LogP contribution in [0.3, 0.4) is 0 Å². The fourth-order valence-electron chi connectivity index (χ4n) is 2.71. The van der Waals surface area contributed by atoms with Crippen LogP contribution in [-0.4, -0.2) is 22.1 Å². The van der Waals surface area contributed by atoms with E-state index in [-0.39, 0.29) is 31.0 Å². The molecule has 0 bridgehead atoms. The molecule has 0 aliphatic carbocycles. The number of fused-ring (bicyclic) bond motifs is 1. The SMILES string of the molecule is CC(/C=C(/C)O)=Nc1ccc(N=Cc2c(O)ccc3ccccc23)cc1.[Zn]. The molecule has 0 aliphatic rings. The molecule has 132 valence electrons. The van der Waals surface area contributed by atoms with Gasteiger partial charge in [-0.05, 0) is 61.0 Å². The van der Waals surface area contributed by atoms with E-state index >= 15 is 0 Å². The molecule has 0 amide bonds. The summed E-state index contributed by atoms with van der Waals surface area (Å²) in [5.41, 5.74) is 2.97. The average molecular weight is 410 g/mol. The van der Waals surface area contributed by atoms with Gasteiger partial charge < -0.3 is 10.2 Å². The zero-order valence-corrected chi connectivity index (χ0v) is 18.4. The van der Waals surface area contributed by atoms with E-state index in [1.165, 1.54) is 0 Å². The first kappa shape index (κ1) is 20.5. The summed E-state index contributed by atoms with van der Waals surface area (Å²) in [7, 11) is 0. The van der Waals surface area contributed by atoms with Gasteiger partial charge in [-0.15, -0.1) is 0 Å². The molecule has 4 nitrogen and oxygen atoms in total. The second kappa shape index (κ2) is 9.24. The first-order valence-electron chi connectivity index (χ1n) is 8.30. The van der Waals surface area contributed by atoms with E-state index in [1.807, 2.05) is 61.5 Å². The van der Waals surface area contributed by atoms with E-state index in [1.54, 1.807) is 25.3 Å². The Morgan fingerprint density at radius 3 is 2.26 bits per heavy atom. The van der Waals surface area contributed by atoms with E-state index in [0.717, 1.165) is 27.9 Å². The zero-order chi connectivity index (χ0) is 18.5. The number of aliphatic hydroxyl groups excluding tert-OH is 1. The summed E-state index contributed by atoms with van der Waals surface area (Å²) in [4.78, 5) is 8.87. The largest absolute Gasteiger partial charge is 0.513 e. The molecule has 0 spiro atoms. The first-order valence-corrected chi connectivity index (χ1v) is 8.30. The Morgan fingerprint density at radius 1 is 0.889 bits per heavy atom. The van der Waals surface area contributed by atoms with E-state index in [4.69, 9.17) is 0 Å². The van der Waals surface area contributed by atoms with Gasteiger partial charge in [0.05, 0.1) is 17.1 Å². The molecule has 0 saturated heterocycles. The quantitative estimate of drug-likeness (QED) is 0.322. The van der Waals surface area contributed by atoms with Crippen LogP contribution in [0.1, 0.15) is 19.4 Å². The number of rotatable bonds is 4. The molecule has 0 aliphatic heterocycles. The number of hydrogen-bond donors (Lipinski definition) is 2. The summed E-state index contributed by atoms with van der Waals surface area (Å²) in [6, 6.07) is 18.9. The van der Waals surface area contributed by atoms with Crippen molar-refractivity contribution in [2.75, 3.05) is 0 Å². The molecular weight excluding hydrogens is 390 g/mol. The van der Waals surface area contributed by atoms with Crippen LogP contribution in [0.25, 0.3) is 10.8 Å². The molecule has 0 radical (unpaired) electrons. The molecule has 0 unspecified atom stereocenters. The minimum Gasteiger partial charge on any atom is -0.513 e. The van der Waals surface area contributed by atoms with Crippen molar-refractivity contribution < 1.29 is 29.7 Å². The van der Waals surface area contributed by atoms with Gasteiger partial charge in [0, 0.05) is 37.0 Å². The molecule has 0 saturated carbocycles. The summed E-state index contributed by atoms with van der Waals surface area (Å²) < 4.78 is 0. The maximum Gasteiger partial charge on any atom is 0.124 e. The number of phenolic OH excluding ortho intramolecular Hbond substituents is 1. The molecule has 3 rings (SSSR count). The van der Waals surface area contributed by atoms with Gasteiger partial charge in [0.25, 0.3) is 0 Å². The van der Waals surface area contributed by atoms with Crippen LogP contribution in [0.4, 0.5) is 11.4 Å². The van der Waals surface area contributed by atoms with Gasteiger partial charge in [0.15, 0.2) is 0 Å². The number of benzene rings is 3. The molecule has 2 N–H and O–H groups in total. The number of aromatic hydroxyl groups is 1. The van der Waals surface area contributed by atoms with Crippen LogP contribution in [0.5, 0.6) is 5.75 Å². The van der Waals surface area contributed by atoms with Crippen molar-refractivity contribution in [1.29, 1.82) is 0 Å². The Labute approximate surface area is 171 Å². The van der Waals surface area contributed by atoms with Crippen molar-refractivity contribution in [3.8, 4) is 5.75 Å². The van der Waals surface area contributed by atoms with Crippen molar-refractivity contribution in [1.82, 2.24) is 0 Å². The van der Waals surface area contributed by atoms with Crippen molar-refractivity contribution >= 4 is 34.1 Å². The standard InChI is InChI=1S/C22H20N2O2.Zn/c1-15(13-16(2)25)24-19-10-8-18(9-11-19)23-14-21-20-6-4-3-5-17(20)7-12-22(21)26;/h3-14,25-26H,1-2H3;/b16-13-,23-14?,24-15?;. The number of hydrogen-bond acceptors (Lipinski definition) is 4. The van der Waals surface area contributed by atoms with Crippen LogP contribution in [0, 0.1) is 0 Å². The monoisotopic (exact) mass is 408 g/mol. The van der Waals surface area contributed by atoms with E-state index in [2.05, 4.69) is 9.98 Å². The van der Waals surface area contributed by atoms with E-state index < -0.39 is 0 Å². The Hall–Kier alpha value is -2.78. The van der Waals surface area contributed by atoms with Crippen LogP contribution in [-0.2, 0) is 19.5 Å². The molecule has 3 aromatic rings. The smallest absolute Gasteiger partial charge is 0.124 e. The van der Waals surface area contributed by atoms with Crippen molar-refractivity contribution in [2.24, 2.45) is 9.98 Å². The molecule has 0 atom stereocenters. The second-order valence-corrected chi connectivity index (χ2v) is 6.03. The summed E-state index contributed by atoms with van der Waals surface area (Å²) in [5.74, 6) is 0.429. The van der Waals surface area contributed by atoms with Crippen molar-refractivity contribution in [3.63, 3.8) is 0 Å². The maximum atomic E-state index is 10.2. The molecular formula is C22H20N2O2Zn. The molecule has 0 heterocycles. The van der Waals surface area contributed by atoms with Gasteiger partial charge in [0.1, 0.15) is 5.75 Å². The van der Waals surface area contributed by atoms with Gasteiger partial charge in [-0.25, -0.2) is 0 Å². The number of allylic oxidation sites excluding steroid dienone is 2.